The molecule has 0 aliphatic rings. The predicted octanol–water partition coefficient (Wildman–Crippen LogP) is 1.84. The summed E-state index contributed by atoms with van der Waals surface area (Å²) in [5.74, 6) is -1.60. The van der Waals surface area contributed by atoms with E-state index in [9.17, 15) is 25.0 Å². The fourth-order valence-corrected chi connectivity index (χ4v) is 1.31. The van der Waals surface area contributed by atoms with Crippen LogP contribution in [0.1, 0.15) is 15.9 Å². The summed E-state index contributed by atoms with van der Waals surface area (Å²) in [6.45, 7) is 3.27. The van der Waals surface area contributed by atoms with Crippen LogP contribution < -0.4 is 0 Å². The van der Waals surface area contributed by atoms with Gasteiger partial charge in [-0.3, -0.25) is 20.2 Å². The van der Waals surface area contributed by atoms with E-state index >= 15 is 0 Å². The molecule has 0 saturated heterocycles. The maximum atomic E-state index is 10.7. The lowest BCUT2D eigenvalue weighted by Crippen LogP contribution is -2.07. The normalized spacial score (nSPS) is 9.65. The molecule has 0 heterocycles. The van der Waals surface area contributed by atoms with Crippen molar-refractivity contribution in [3.05, 3.63) is 50.1 Å². The van der Waals surface area contributed by atoms with Crippen molar-refractivity contribution in [1.29, 1.82) is 0 Å². The number of nitrogens with zero attached hydrogens (tertiary/aromatic N) is 2. The summed E-state index contributed by atoms with van der Waals surface area (Å²) < 4.78 is 0. The van der Waals surface area contributed by atoms with Gasteiger partial charge < -0.3 is 5.11 Å². The van der Waals surface area contributed by atoms with E-state index in [0.717, 1.165) is 18.2 Å². The highest BCUT2D eigenvalue weighted by Gasteiger charge is 2.34. The van der Waals surface area contributed by atoms with E-state index in [4.69, 9.17) is 5.11 Å². The zero-order chi connectivity index (χ0) is 13.2. The number of carboxylic acids is 1. The number of rotatable bonds is 4. The van der Waals surface area contributed by atoms with E-state index in [1.165, 1.54) is 0 Å². The molecule has 0 unspecified atom stereocenters. The van der Waals surface area contributed by atoms with Crippen molar-refractivity contribution in [1.82, 2.24) is 0 Å². The van der Waals surface area contributed by atoms with Crippen LogP contribution in [0.15, 0.2) is 18.7 Å². The second-order valence-electron chi connectivity index (χ2n) is 2.92. The van der Waals surface area contributed by atoms with Crippen molar-refractivity contribution in [2.45, 2.75) is 0 Å². The van der Waals surface area contributed by atoms with Gasteiger partial charge in [0.25, 0.3) is 0 Å². The molecule has 0 radical (unpaired) electrons. The predicted molar refractivity (Wildman–Crippen MR) is 56.8 cm³/mol. The van der Waals surface area contributed by atoms with Gasteiger partial charge in [0, 0.05) is 0 Å². The molecule has 88 valence electrons. The zero-order valence-corrected chi connectivity index (χ0v) is 8.32. The summed E-state index contributed by atoms with van der Waals surface area (Å²) in [6, 6.07) is 2.03. The smallest absolute Gasteiger partial charge is 0.361 e. The number of hydrogen-bond acceptors (Lipinski definition) is 5. The molecule has 0 bridgehead atoms. The maximum Gasteiger partial charge on any atom is 0.361 e. The molecule has 1 N–H and O–H groups in total. The molecule has 0 saturated carbocycles. The minimum Gasteiger partial charge on any atom is -0.477 e. The van der Waals surface area contributed by atoms with Crippen molar-refractivity contribution in [2.75, 3.05) is 0 Å². The Bertz CT molecular complexity index is 537. The maximum absolute atomic E-state index is 10.7. The third-order valence-electron chi connectivity index (χ3n) is 2.00. The number of benzene rings is 1. The van der Waals surface area contributed by atoms with Crippen LogP contribution in [0.5, 0.6) is 0 Å². The summed E-state index contributed by atoms with van der Waals surface area (Å²) in [4.78, 5) is 30.1. The molecule has 8 heteroatoms. The van der Waals surface area contributed by atoms with E-state index in [1.807, 2.05) is 0 Å². The summed E-state index contributed by atoms with van der Waals surface area (Å²) in [5.41, 5.74) is -2.75. The number of carbonyl (C=O) groups is 1. The molecule has 0 atom stereocenters. The molecule has 0 aromatic heterocycles. The number of aromatic carboxylic acids is 1. The summed E-state index contributed by atoms with van der Waals surface area (Å²) in [6.07, 6.45) is 1.05. The molecule has 0 aliphatic carbocycles. The Kier molecular flexibility index (Phi) is 3.18. The van der Waals surface area contributed by atoms with Crippen LogP contribution in [0.25, 0.3) is 6.08 Å². The fraction of sp³-hybridized carbons (Fsp3) is 0. The van der Waals surface area contributed by atoms with Crippen LogP contribution in [0.2, 0.25) is 0 Å². The second kappa shape index (κ2) is 4.39. The molecular formula is C9H6N2O6. The van der Waals surface area contributed by atoms with Crippen molar-refractivity contribution < 1.29 is 19.7 Å². The molecule has 8 nitrogen and oxygen atoms in total. The fourth-order valence-electron chi connectivity index (χ4n) is 1.31. The first-order valence-electron chi connectivity index (χ1n) is 4.21. The van der Waals surface area contributed by atoms with Crippen molar-refractivity contribution in [3.63, 3.8) is 0 Å². The molecule has 0 amide bonds. The van der Waals surface area contributed by atoms with Gasteiger partial charge in [0.05, 0.1) is 15.4 Å². The minimum absolute atomic E-state index is 0.105. The lowest BCUT2D eigenvalue weighted by molar-refractivity contribution is -0.422. The van der Waals surface area contributed by atoms with Crippen molar-refractivity contribution in [3.8, 4) is 0 Å². The van der Waals surface area contributed by atoms with Crippen LogP contribution >= 0.6 is 0 Å². The van der Waals surface area contributed by atoms with Gasteiger partial charge in [0.2, 0.25) is 0 Å². The zero-order valence-electron chi connectivity index (χ0n) is 8.32. The molecule has 1 aromatic carbocycles. The average molecular weight is 238 g/mol. The minimum atomic E-state index is -1.60. The lowest BCUT2D eigenvalue weighted by Gasteiger charge is -2.01. The van der Waals surface area contributed by atoms with Gasteiger partial charge in [-0.15, -0.1) is 0 Å². The van der Waals surface area contributed by atoms with Crippen molar-refractivity contribution >= 4 is 23.4 Å². The van der Waals surface area contributed by atoms with Crippen LogP contribution in [0, 0.1) is 20.2 Å². The SMILES string of the molecule is C=Cc1ccc(C(=O)O)c([N+](=O)[O-])c1[N+](=O)[O-]. The molecular weight excluding hydrogens is 232 g/mol. The Hall–Kier alpha value is -2.77. The Balaban J connectivity index is 3.77. The molecule has 1 aromatic rings. The van der Waals surface area contributed by atoms with Gasteiger partial charge >= 0.3 is 17.3 Å². The summed E-state index contributed by atoms with van der Waals surface area (Å²) >= 11 is 0. The molecule has 0 aliphatic heterocycles. The first-order valence-corrected chi connectivity index (χ1v) is 4.21. The first kappa shape index (κ1) is 12.3. The van der Waals surface area contributed by atoms with Crippen LogP contribution in [0.3, 0.4) is 0 Å². The first-order chi connectivity index (χ1) is 7.90. The monoisotopic (exact) mass is 238 g/mol. The standard InChI is InChI=1S/C9H6N2O6/c1-2-5-3-4-6(9(12)13)8(11(16)17)7(5)10(14)15/h2-4H,1H2,(H,12,13). The van der Waals surface area contributed by atoms with Gasteiger partial charge in [-0.1, -0.05) is 12.7 Å². The average Bonchev–Trinajstić information content (AvgIpc) is 2.26. The number of nitro benzene ring substituents is 2. The van der Waals surface area contributed by atoms with Crippen LogP contribution in [-0.2, 0) is 0 Å². The topological polar surface area (TPSA) is 124 Å². The second-order valence-corrected chi connectivity index (χ2v) is 2.92. The highest BCUT2D eigenvalue weighted by molar-refractivity contribution is 5.95. The number of nitro groups is 2. The van der Waals surface area contributed by atoms with Gasteiger partial charge in [0.15, 0.2) is 0 Å². The Labute approximate surface area is 94.1 Å². The van der Waals surface area contributed by atoms with Gasteiger partial charge in [0.1, 0.15) is 5.56 Å². The number of carboxylic acid groups (broad SMARTS) is 1. The van der Waals surface area contributed by atoms with E-state index in [1.54, 1.807) is 0 Å². The third-order valence-corrected chi connectivity index (χ3v) is 2.00. The van der Waals surface area contributed by atoms with Gasteiger partial charge in [-0.25, -0.2) is 4.79 Å². The Morgan fingerprint density at radius 3 is 2.12 bits per heavy atom. The number of hydrogen-bond donors (Lipinski definition) is 1. The van der Waals surface area contributed by atoms with Crippen LogP contribution in [0.4, 0.5) is 11.4 Å². The quantitative estimate of drug-likeness (QED) is 0.630. The van der Waals surface area contributed by atoms with E-state index in [0.29, 0.717) is 0 Å². The van der Waals surface area contributed by atoms with E-state index < -0.39 is 32.8 Å². The molecule has 1 rings (SSSR count). The van der Waals surface area contributed by atoms with E-state index in [2.05, 4.69) is 6.58 Å². The van der Waals surface area contributed by atoms with Gasteiger partial charge in [-0.2, -0.15) is 0 Å². The molecule has 0 fully saturated rings. The largest absolute Gasteiger partial charge is 0.477 e. The molecule has 0 spiro atoms. The van der Waals surface area contributed by atoms with E-state index in [-0.39, 0.29) is 5.56 Å². The lowest BCUT2D eigenvalue weighted by atomic mass is 10.1. The van der Waals surface area contributed by atoms with Crippen LogP contribution in [-0.4, -0.2) is 20.9 Å². The highest BCUT2D eigenvalue weighted by atomic mass is 16.6. The summed E-state index contributed by atoms with van der Waals surface area (Å²) in [5, 5.41) is 30.2. The summed E-state index contributed by atoms with van der Waals surface area (Å²) in [7, 11) is 0. The van der Waals surface area contributed by atoms with Crippen molar-refractivity contribution in [2.24, 2.45) is 0 Å². The Morgan fingerprint density at radius 2 is 1.76 bits per heavy atom. The van der Waals surface area contributed by atoms with Gasteiger partial charge in [-0.05, 0) is 12.1 Å². The Morgan fingerprint density at radius 1 is 1.24 bits per heavy atom. The molecule has 17 heavy (non-hydrogen) atoms. The third kappa shape index (κ3) is 2.09. The highest BCUT2D eigenvalue weighted by Crippen LogP contribution is 2.34.